The van der Waals surface area contributed by atoms with Crippen molar-refractivity contribution in [2.75, 3.05) is 20.3 Å². The second-order valence-electron chi connectivity index (χ2n) is 5.83. The van der Waals surface area contributed by atoms with Crippen molar-refractivity contribution in [2.45, 2.75) is 57.6 Å². The van der Waals surface area contributed by atoms with Crippen LogP contribution in [0.1, 0.15) is 57.1 Å². The monoisotopic (exact) mass is 291 g/mol. The summed E-state index contributed by atoms with van der Waals surface area (Å²) >= 11 is 0. The van der Waals surface area contributed by atoms with Crippen LogP contribution in [0, 0.1) is 0 Å². The van der Waals surface area contributed by atoms with Crippen LogP contribution in [0.3, 0.4) is 0 Å². The zero-order chi connectivity index (χ0) is 14.9. The van der Waals surface area contributed by atoms with Gasteiger partial charge in [0.25, 0.3) is 0 Å². The molecule has 1 aliphatic rings. The molecule has 1 N–H and O–H groups in total. The zero-order valence-electron chi connectivity index (χ0n) is 13.4. The predicted molar refractivity (Wildman–Crippen MR) is 86.9 cm³/mol. The van der Waals surface area contributed by atoms with Gasteiger partial charge in [0.15, 0.2) is 0 Å². The SMILES string of the molecule is CCNC(COC1CCCCCC1)c1ccc(OC)cc1. The summed E-state index contributed by atoms with van der Waals surface area (Å²) in [6.45, 7) is 3.84. The smallest absolute Gasteiger partial charge is 0.118 e. The fourth-order valence-electron chi connectivity index (χ4n) is 3.00. The summed E-state index contributed by atoms with van der Waals surface area (Å²) in [5.41, 5.74) is 1.27. The molecule has 0 aromatic heterocycles. The number of rotatable bonds is 7. The van der Waals surface area contributed by atoms with Crippen LogP contribution in [0.4, 0.5) is 0 Å². The van der Waals surface area contributed by atoms with E-state index in [1.165, 1.54) is 44.1 Å². The van der Waals surface area contributed by atoms with E-state index in [4.69, 9.17) is 9.47 Å². The Labute approximate surface area is 129 Å². The Hall–Kier alpha value is -1.06. The van der Waals surface area contributed by atoms with E-state index in [0.717, 1.165) is 18.9 Å². The molecule has 21 heavy (non-hydrogen) atoms. The summed E-state index contributed by atoms with van der Waals surface area (Å²) in [6, 6.07) is 8.56. The molecule has 1 fully saturated rings. The Bertz CT molecular complexity index is 383. The molecule has 0 radical (unpaired) electrons. The molecular formula is C18H29NO2. The molecule has 0 bridgehead atoms. The lowest BCUT2D eigenvalue weighted by Gasteiger charge is -2.22. The molecular weight excluding hydrogens is 262 g/mol. The summed E-state index contributed by atoms with van der Waals surface area (Å²) in [5, 5.41) is 3.53. The number of ether oxygens (including phenoxy) is 2. The van der Waals surface area contributed by atoms with Crippen LogP contribution in [-0.2, 0) is 4.74 Å². The van der Waals surface area contributed by atoms with Gasteiger partial charge in [0, 0.05) is 0 Å². The molecule has 1 aromatic rings. The predicted octanol–water partition coefficient (Wildman–Crippen LogP) is 4.09. The van der Waals surface area contributed by atoms with E-state index >= 15 is 0 Å². The van der Waals surface area contributed by atoms with E-state index in [-0.39, 0.29) is 6.04 Å². The molecule has 3 heteroatoms. The largest absolute Gasteiger partial charge is 0.497 e. The third-order valence-corrected chi connectivity index (χ3v) is 4.27. The van der Waals surface area contributed by atoms with Crippen molar-refractivity contribution in [1.29, 1.82) is 0 Å². The molecule has 3 nitrogen and oxygen atoms in total. The van der Waals surface area contributed by atoms with Crippen LogP contribution in [0.5, 0.6) is 5.75 Å². The number of likely N-dealkylation sites (N-methyl/N-ethyl adjacent to an activating group) is 1. The maximum absolute atomic E-state index is 6.19. The second-order valence-corrected chi connectivity index (χ2v) is 5.83. The Balaban J connectivity index is 1.90. The Kier molecular flexibility index (Phi) is 7.04. The van der Waals surface area contributed by atoms with Gasteiger partial charge >= 0.3 is 0 Å². The summed E-state index contributed by atoms with van der Waals surface area (Å²) in [5.74, 6) is 0.902. The van der Waals surface area contributed by atoms with Crippen molar-refractivity contribution < 1.29 is 9.47 Å². The zero-order valence-corrected chi connectivity index (χ0v) is 13.4. The van der Waals surface area contributed by atoms with E-state index in [9.17, 15) is 0 Å². The Morgan fingerprint density at radius 1 is 1.10 bits per heavy atom. The fraction of sp³-hybridized carbons (Fsp3) is 0.667. The van der Waals surface area contributed by atoms with E-state index in [0.29, 0.717) is 6.10 Å². The molecule has 0 saturated heterocycles. The third kappa shape index (κ3) is 5.33. The van der Waals surface area contributed by atoms with Gasteiger partial charge in [-0.25, -0.2) is 0 Å². The quantitative estimate of drug-likeness (QED) is 0.768. The van der Waals surface area contributed by atoms with Gasteiger partial charge < -0.3 is 14.8 Å². The molecule has 0 spiro atoms. The number of benzene rings is 1. The molecule has 1 aliphatic carbocycles. The first-order valence-corrected chi connectivity index (χ1v) is 8.32. The topological polar surface area (TPSA) is 30.5 Å². The van der Waals surface area contributed by atoms with Gasteiger partial charge in [0.05, 0.1) is 25.9 Å². The number of methoxy groups -OCH3 is 1. The lowest BCUT2D eigenvalue weighted by Crippen LogP contribution is -2.27. The maximum atomic E-state index is 6.19. The minimum absolute atomic E-state index is 0.268. The van der Waals surface area contributed by atoms with Crippen LogP contribution >= 0.6 is 0 Å². The minimum atomic E-state index is 0.268. The second kappa shape index (κ2) is 9.06. The van der Waals surface area contributed by atoms with E-state index in [2.05, 4.69) is 24.4 Å². The molecule has 1 aromatic carbocycles. The standard InChI is InChI=1S/C18H29NO2/c1-3-19-18(15-10-12-16(20-2)13-11-15)14-21-17-8-6-4-5-7-9-17/h10-13,17-19H,3-9,14H2,1-2H3. The molecule has 1 saturated carbocycles. The summed E-state index contributed by atoms with van der Waals surface area (Å²) in [6.07, 6.45) is 8.28. The average molecular weight is 291 g/mol. The van der Waals surface area contributed by atoms with Crippen molar-refractivity contribution in [3.8, 4) is 5.75 Å². The Morgan fingerprint density at radius 2 is 1.76 bits per heavy atom. The van der Waals surface area contributed by atoms with Crippen molar-refractivity contribution >= 4 is 0 Å². The van der Waals surface area contributed by atoms with Crippen molar-refractivity contribution in [2.24, 2.45) is 0 Å². The number of hydrogen-bond donors (Lipinski definition) is 1. The highest BCUT2D eigenvalue weighted by molar-refractivity contribution is 5.29. The van der Waals surface area contributed by atoms with Gasteiger partial charge in [-0.2, -0.15) is 0 Å². The molecule has 0 heterocycles. The summed E-state index contributed by atoms with van der Waals surface area (Å²) < 4.78 is 11.4. The highest BCUT2D eigenvalue weighted by atomic mass is 16.5. The van der Waals surface area contributed by atoms with E-state index in [1.54, 1.807) is 7.11 Å². The fourth-order valence-corrected chi connectivity index (χ4v) is 3.00. The van der Waals surface area contributed by atoms with Gasteiger partial charge in [0.2, 0.25) is 0 Å². The highest BCUT2D eigenvalue weighted by Gasteiger charge is 2.16. The lowest BCUT2D eigenvalue weighted by molar-refractivity contribution is 0.0291. The van der Waals surface area contributed by atoms with Gasteiger partial charge in [-0.05, 0) is 37.1 Å². The molecule has 1 unspecified atom stereocenters. The van der Waals surface area contributed by atoms with E-state index in [1.807, 2.05) is 12.1 Å². The van der Waals surface area contributed by atoms with Gasteiger partial charge in [0.1, 0.15) is 5.75 Å². The van der Waals surface area contributed by atoms with Crippen molar-refractivity contribution in [3.05, 3.63) is 29.8 Å². The highest BCUT2D eigenvalue weighted by Crippen LogP contribution is 2.23. The first-order valence-electron chi connectivity index (χ1n) is 8.32. The van der Waals surface area contributed by atoms with Crippen molar-refractivity contribution in [3.63, 3.8) is 0 Å². The van der Waals surface area contributed by atoms with Crippen LogP contribution in [0.2, 0.25) is 0 Å². The average Bonchev–Trinajstić information content (AvgIpc) is 2.80. The minimum Gasteiger partial charge on any atom is -0.497 e. The maximum Gasteiger partial charge on any atom is 0.118 e. The molecule has 0 amide bonds. The van der Waals surface area contributed by atoms with Crippen LogP contribution in [-0.4, -0.2) is 26.4 Å². The normalized spacial score (nSPS) is 18.2. The van der Waals surface area contributed by atoms with Crippen molar-refractivity contribution in [1.82, 2.24) is 5.32 Å². The lowest BCUT2D eigenvalue weighted by atomic mass is 10.1. The van der Waals surface area contributed by atoms with Gasteiger partial charge in [-0.15, -0.1) is 0 Å². The third-order valence-electron chi connectivity index (χ3n) is 4.27. The first kappa shape index (κ1) is 16.3. The summed E-state index contributed by atoms with van der Waals surface area (Å²) in [7, 11) is 1.70. The molecule has 118 valence electrons. The molecule has 1 atom stereocenters. The summed E-state index contributed by atoms with van der Waals surface area (Å²) in [4.78, 5) is 0. The van der Waals surface area contributed by atoms with E-state index < -0.39 is 0 Å². The number of hydrogen-bond acceptors (Lipinski definition) is 3. The first-order chi connectivity index (χ1) is 10.3. The number of nitrogens with one attached hydrogen (secondary N) is 1. The van der Waals surface area contributed by atoms with Crippen LogP contribution in [0.15, 0.2) is 24.3 Å². The van der Waals surface area contributed by atoms with Gasteiger partial charge in [-0.1, -0.05) is 44.7 Å². The van der Waals surface area contributed by atoms with Crippen LogP contribution < -0.4 is 10.1 Å². The molecule has 2 rings (SSSR count). The van der Waals surface area contributed by atoms with Crippen LogP contribution in [0.25, 0.3) is 0 Å². The molecule has 0 aliphatic heterocycles. The Morgan fingerprint density at radius 3 is 2.33 bits per heavy atom. The van der Waals surface area contributed by atoms with Gasteiger partial charge in [-0.3, -0.25) is 0 Å².